The summed E-state index contributed by atoms with van der Waals surface area (Å²) in [6.45, 7) is 4.78. The number of anilines is 3. The highest BCUT2D eigenvalue weighted by Gasteiger charge is 2.43. The minimum atomic E-state index is -4.67. The standard InChI is InChI=1S/C23H29F4N5O2/c1-22(2)12-15(10-16-4-3-7-32(16)22)29-20-18(24)13-28-21(31-20)30-14-5-6-19(34-9-8-33)17(11-14)23(25,26)27/h5-6,11,13,15-16,33H,3-4,7-10,12H2,1-2H3,(H2,28,29,30,31)/t15-,16-/m1/s1. The van der Waals surface area contributed by atoms with Crippen LogP contribution in [0.25, 0.3) is 0 Å². The summed E-state index contributed by atoms with van der Waals surface area (Å²) >= 11 is 0. The van der Waals surface area contributed by atoms with Gasteiger partial charge < -0.3 is 20.5 Å². The van der Waals surface area contributed by atoms with Gasteiger partial charge in [0.25, 0.3) is 0 Å². The molecule has 4 rings (SSSR count). The second-order valence-electron chi connectivity index (χ2n) is 9.38. The van der Waals surface area contributed by atoms with Crippen molar-refractivity contribution in [3.63, 3.8) is 0 Å². The van der Waals surface area contributed by atoms with Crippen LogP contribution >= 0.6 is 0 Å². The molecule has 1 aromatic carbocycles. The number of halogens is 4. The van der Waals surface area contributed by atoms with Crippen molar-refractivity contribution in [1.82, 2.24) is 14.9 Å². The van der Waals surface area contributed by atoms with Crippen molar-refractivity contribution in [3.8, 4) is 5.75 Å². The fourth-order valence-electron chi connectivity index (χ4n) is 5.08. The highest BCUT2D eigenvalue weighted by Crippen LogP contribution is 2.40. The molecule has 0 saturated carbocycles. The van der Waals surface area contributed by atoms with Crippen molar-refractivity contribution >= 4 is 17.5 Å². The first-order chi connectivity index (χ1) is 16.1. The highest BCUT2D eigenvalue weighted by atomic mass is 19.4. The van der Waals surface area contributed by atoms with Crippen molar-refractivity contribution < 1.29 is 27.4 Å². The van der Waals surface area contributed by atoms with E-state index in [1.54, 1.807) is 0 Å². The van der Waals surface area contributed by atoms with E-state index in [2.05, 4.69) is 39.3 Å². The quantitative estimate of drug-likeness (QED) is 0.498. The normalized spacial score (nSPS) is 22.3. The predicted octanol–water partition coefficient (Wildman–Crippen LogP) is 4.57. The van der Waals surface area contributed by atoms with Crippen molar-refractivity contribution in [3.05, 3.63) is 35.8 Å². The smallest absolute Gasteiger partial charge is 0.420 e. The van der Waals surface area contributed by atoms with Crippen molar-refractivity contribution in [2.24, 2.45) is 0 Å². The third-order valence-electron chi connectivity index (χ3n) is 6.43. The minimum absolute atomic E-state index is 0.0173. The van der Waals surface area contributed by atoms with Gasteiger partial charge in [-0.3, -0.25) is 4.90 Å². The summed E-state index contributed by atoms with van der Waals surface area (Å²) in [6, 6.07) is 3.86. The monoisotopic (exact) mass is 483 g/mol. The Morgan fingerprint density at radius 3 is 2.82 bits per heavy atom. The number of piperidine rings is 1. The second-order valence-corrected chi connectivity index (χ2v) is 9.38. The van der Waals surface area contributed by atoms with Crippen LogP contribution in [0.2, 0.25) is 0 Å². The molecule has 34 heavy (non-hydrogen) atoms. The fraction of sp³-hybridized carbons (Fsp3) is 0.565. The van der Waals surface area contributed by atoms with Crippen LogP contribution in [0.15, 0.2) is 24.4 Å². The Hall–Kier alpha value is -2.66. The molecule has 0 amide bonds. The van der Waals surface area contributed by atoms with Crippen molar-refractivity contribution in [2.75, 3.05) is 30.4 Å². The largest absolute Gasteiger partial charge is 0.491 e. The van der Waals surface area contributed by atoms with Crippen LogP contribution in [0.4, 0.5) is 35.0 Å². The summed E-state index contributed by atoms with van der Waals surface area (Å²) in [6.07, 6.45) is 0.290. The first-order valence-electron chi connectivity index (χ1n) is 11.3. The van der Waals surface area contributed by atoms with Gasteiger partial charge in [0.2, 0.25) is 5.95 Å². The lowest BCUT2D eigenvalue weighted by Gasteiger charge is -2.47. The number of aliphatic hydroxyl groups is 1. The summed E-state index contributed by atoms with van der Waals surface area (Å²) in [5.74, 6) is -1.03. The predicted molar refractivity (Wildman–Crippen MR) is 120 cm³/mol. The highest BCUT2D eigenvalue weighted by molar-refractivity contribution is 5.59. The number of hydrogen-bond donors (Lipinski definition) is 3. The molecule has 0 spiro atoms. The van der Waals surface area contributed by atoms with Gasteiger partial charge in [-0.15, -0.1) is 0 Å². The van der Waals surface area contributed by atoms with Gasteiger partial charge in [-0.25, -0.2) is 9.37 Å². The summed E-state index contributed by atoms with van der Waals surface area (Å²) < 4.78 is 59.9. The van der Waals surface area contributed by atoms with Gasteiger partial charge in [0.1, 0.15) is 12.4 Å². The lowest BCUT2D eigenvalue weighted by molar-refractivity contribution is -0.139. The van der Waals surface area contributed by atoms with Gasteiger partial charge in [-0.2, -0.15) is 18.2 Å². The molecule has 0 unspecified atom stereocenters. The van der Waals surface area contributed by atoms with E-state index in [1.807, 2.05) is 0 Å². The van der Waals surface area contributed by atoms with Gasteiger partial charge in [0.15, 0.2) is 11.6 Å². The topological polar surface area (TPSA) is 82.5 Å². The Morgan fingerprint density at radius 1 is 1.29 bits per heavy atom. The molecule has 2 aromatic rings. The SMILES string of the molecule is CC1(C)C[C@H](Nc2nc(Nc3ccc(OCCO)c(C(F)(F)F)c3)ncc2F)C[C@H]2CCCN21. The molecule has 2 fully saturated rings. The number of aromatic nitrogens is 2. The molecule has 7 nitrogen and oxygen atoms in total. The molecule has 0 radical (unpaired) electrons. The fourth-order valence-corrected chi connectivity index (χ4v) is 5.08. The Labute approximate surface area is 195 Å². The zero-order valence-corrected chi connectivity index (χ0v) is 19.1. The number of rotatable bonds is 7. The molecule has 1 aromatic heterocycles. The van der Waals surface area contributed by atoms with E-state index in [4.69, 9.17) is 9.84 Å². The number of aliphatic hydroxyl groups excluding tert-OH is 1. The third kappa shape index (κ3) is 5.35. The maximum Gasteiger partial charge on any atom is 0.420 e. The molecule has 2 saturated heterocycles. The Bertz CT molecular complexity index is 1020. The van der Waals surface area contributed by atoms with E-state index >= 15 is 0 Å². The summed E-state index contributed by atoms with van der Waals surface area (Å²) in [7, 11) is 0. The van der Waals surface area contributed by atoms with Gasteiger partial charge in [0.05, 0.1) is 18.4 Å². The molecular formula is C23H29F4N5O2. The van der Waals surface area contributed by atoms with Gasteiger partial charge in [-0.05, 0) is 64.3 Å². The van der Waals surface area contributed by atoms with Crippen LogP contribution in [0, 0.1) is 5.82 Å². The average molecular weight is 484 g/mol. The van der Waals surface area contributed by atoms with Gasteiger partial charge in [-0.1, -0.05) is 0 Å². The van der Waals surface area contributed by atoms with Gasteiger partial charge >= 0.3 is 6.18 Å². The van der Waals surface area contributed by atoms with E-state index in [1.165, 1.54) is 6.07 Å². The molecule has 0 bridgehead atoms. The van der Waals surface area contributed by atoms with Crippen LogP contribution in [0.1, 0.15) is 45.1 Å². The number of alkyl halides is 3. The van der Waals surface area contributed by atoms with Crippen LogP contribution in [-0.2, 0) is 6.18 Å². The molecule has 0 aliphatic carbocycles. The first kappa shape index (κ1) is 24.5. The van der Waals surface area contributed by atoms with Crippen LogP contribution in [0.5, 0.6) is 5.75 Å². The summed E-state index contributed by atoms with van der Waals surface area (Å²) in [5.41, 5.74) is -0.950. The number of nitrogens with zero attached hydrogens (tertiary/aromatic N) is 3. The maximum absolute atomic E-state index is 14.5. The van der Waals surface area contributed by atoms with E-state index in [-0.39, 0.29) is 35.6 Å². The Balaban J connectivity index is 1.51. The molecule has 3 N–H and O–H groups in total. The van der Waals surface area contributed by atoms with E-state index < -0.39 is 29.9 Å². The van der Waals surface area contributed by atoms with Crippen LogP contribution in [-0.4, -0.2) is 57.4 Å². The van der Waals surface area contributed by atoms with Crippen LogP contribution in [0.3, 0.4) is 0 Å². The molecule has 186 valence electrons. The lowest BCUT2D eigenvalue weighted by atomic mass is 9.84. The molecule has 2 aliphatic rings. The summed E-state index contributed by atoms with van der Waals surface area (Å²) in [5, 5.41) is 14.7. The van der Waals surface area contributed by atoms with Crippen LogP contribution < -0.4 is 15.4 Å². The molecule has 2 atom stereocenters. The Morgan fingerprint density at radius 2 is 2.09 bits per heavy atom. The number of fused-ring (bicyclic) bond motifs is 1. The van der Waals surface area contributed by atoms with Crippen molar-refractivity contribution in [1.29, 1.82) is 0 Å². The number of benzene rings is 1. The van der Waals surface area contributed by atoms with Crippen molar-refractivity contribution in [2.45, 2.75) is 63.3 Å². The molecular weight excluding hydrogens is 454 g/mol. The average Bonchev–Trinajstić information content (AvgIpc) is 3.24. The Kier molecular flexibility index (Phi) is 6.86. The number of hydrogen-bond acceptors (Lipinski definition) is 7. The number of ether oxygens (including phenoxy) is 1. The van der Waals surface area contributed by atoms with E-state index in [9.17, 15) is 17.6 Å². The zero-order valence-electron chi connectivity index (χ0n) is 19.1. The van der Waals surface area contributed by atoms with E-state index in [0.29, 0.717) is 6.04 Å². The molecule has 11 heteroatoms. The third-order valence-corrected chi connectivity index (χ3v) is 6.43. The molecule has 3 heterocycles. The van der Waals surface area contributed by atoms with Gasteiger partial charge in [0, 0.05) is 23.3 Å². The number of nitrogens with one attached hydrogen (secondary N) is 2. The minimum Gasteiger partial charge on any atom is -0.491 e. The first-order valence-corrected chi connectivity index (χ1v) is 11.3. The van der Waals surface area contributed by atoms with E-state index in [0.717, 1.165) is 50.6 Å². The lowest BCUT2D eigenvalue weighted by Crippen LogP contribution is -2.55. The zero-order chi connectivity index (χ0) is 24.5. The molecule has 2 aliphatic heterocycles. The maximum atomic E-state index is 14.5. The second kappa shape index (κ2) is 9.53. The summed E-state index contributed by atoms with van der Waals surface area (Å²) in [4.78, 5) is 10.6.